The molecule has 0 N–H and O–H groups in total. The van der Waals surface area contributed by atoms with Gasteiger partial charge in [-0.2, -0.15) is 0 Å². The number of carbonyl (C=O) groups is 1. The molecule has 1 heterocycles. The number of hydrogen-bond acceptors (Lipinski definition) is 2. The molecule has 2 aliphatic rings. The predicted molar refractivity (Wildman–Crippen MR) is 57.4 cm³/mol. The summed E-state index contributed by atoms with van der Waals surface area (Å²) in [5.41, 5.74) is -0.161. The van der Waals surface area contributed by atoms with Gasteiger partial charge in [0.15, 0.2) is 6.17 Å². The lowest BCUT2D eigenvalue weighted by Crippen LogP contribution is -2.47. The predicted octanol–water partition coefficient (Wildman–Crippen LogP) is 2.41. The van der Waals surface area contributed by atoms with E-state index in [4.69, 9.17) is 4.74 Å². The van der Waals surface area contributed by atoms with Gasteiger partial charge in [-0.3, -0.25) is 4.79 Å². The molecule has 1 spiro atoms. The first-order chi connectivity index (χ1) is 7.75. The van der Waals surface area contributed by atoms with Gasteiger partial charge in [-0.05, 0) is 18.9 Å². The maximum absolute atomic E-state index is 14.1. The summed E-state index contributed by atoms with van der Waals surface area (Å²) < 4.78 is 19.5. The maximum atomic E-state index is 14.1. The quantitative estimate of drug-likeness (QED) is 0.671. The number of Topliss-reactive ketones (excluding diaryl/α,β-unsaturated/α-hetero) is 1. The molecule has 0 saturated heterocycles. The van der Waals surface area contributed by atoms with Crippen molar-refractivity contribution in [1.29, 1.82) is 0 Å². The second-order valence-electron chi connectivity index (χ2n) is 4.52. The zero-order valence-corrected chi connectivity index (χ0v) is 8.91. The number of hydrogen-bond donors (Lipinski definition) is 0. The molecule has 2 nitrogen and oxygen atoms in total. The molecular formula is C13H13FO2. The fourth-order valence-corrected chi connectivity index (χ4v) is 2.94. The van der Waals surface area contributed by atoms with Crippen LogP contribution in [-0.2, 0) is 10.2 Å². The zero-order chi connectivity index (χ0) is 11.2. The summed E-state index contributed by atoms with van der Waals surface area (Å²) in [5.74, 6) is 0.711. The maximum Gasteiger partial charge on any atom is 0.151 e. The van der Waals surface area contributed by atoms with Crippen molar-refractivity contribution in [2.24, 2.45) is 0 Å². The van der Waals surface area contributed by atoms with Crippen molar-refractivity contribution in [3.05, 3.63) is 29.8 Å². The van der Waals surface area contributed by atoms with Gasteiger partial charge in [0.2, 0.25) is 0 Å². The fourth-order valence-electron chi connectivity index (χ4n) is 2.94. The largest absolute Gasteiger partial charge is 0.490 e. The van der Waals surface area contributed by atoms with Crippen LogP contribution in [0.2, 0.25) is 0 Å². The second kappa shape index (κ2) is 3.30. The Morgan fingerprint density at radius 3 is 2.94 bits per heavy atom. The summed E-state index contributed by atoms with van der Waals surface area (Å²) in [7, 11) is 0. The van der Waals surface area contributed by atoms with Crippen LogP contribution in [-0.4, -0.2) is 18.6 Å². The third kappa shape index (κ3) is 1.09. The van der Waals surface area contributed by atoms with Crippen molar-refractivity contribution in [3.8, 4) is 5.75 Å². The first-order valence-electron chi connectivity index (χ1n) is 5.65. The number of benzene rings is 1. The molecule has 0 unspecified atom stereocenters. The third-order valence-electron chi connectivity index (χ3n) is 3.76. The van der Waals surface area contributed by atoms with E-state index in [0.29, 0.717) is 18.6 Å². The van der Waals surface area contributed by atoms with E-state index in [9.17, 15) is 9.18 Å². The summed E-state index contributed by atoms with van der Waals surface area (Å²) >= 11 is 0. The Hall–Kier alpha value is -1.38. The molecule has 1 aliphatic heterocycles. The minimum Gasteiger partial charge on any atom is -0.490 e. The van der Waals surface area contributed by atoms with Gasteiger partial charge in [0.1, 0.15) is 18.1 Å². The lowest BCUT2D eigenvalue weighted by molar-refractivity contribution is -0.125. The molecular weight excluding hydrogens is 207 g/mol. The van der Waals surface area contributed by atoms with Gasteiger partial charge in [-0.25, -0.2) is 4.39 Å². The Balaban J connectivity index is 2.20. The average Bonchev–Trinajstić information content (AvgIpc) is 2.68. The van der Waals surface area contributed by atoms with E-state index in [0.717, 1.165) is 12.0 Å². The van der Waals surface area contributed by atoms with Crippen LogP contribution < -0.4 is 4.74 Å². The lowest BCUT2D eigenvalue weighted by Gasteiger charge is -2.36. The summed E-state index contributed by atoms with van der Waals surface area (Å²) in [6.07, 6.45) is 0.702. The van der Waals surface area contributed by atoms with Crippen LogP contribution in [0, 0.1) is 0 Å². The van der Waals surface area contributed by atoms with Crippen LogP contribution in [0.25, 0.3) is 0 Å². The van der Waals surface area contributed by atoms with Crippen LogP contribution in [0.4, 0.5) is 4.39 Å². The highest BCUT2D eigenvalue weighted by molar-refractivity contribution is 5.94. The third-order valence-corrected chi connectivity index (χ3v) is 3.76. The fraction of sp³-hybridized carbons (Fsp3) is 0.462. The van der Waals surface area contributed by atoms with E-state index in [-0.39, 0.29) is 12.4 Å². The molecule has 3 heteroatoms. The van der Waals surface area contributed by atoms with Crippen molar-refractivity contribution in [3.63, 3.8) is 0 Å². The van der Waals surface area contributed by atoms with E-state index >= 15 is 0 Å². The number of fused-ring (bicyclic) bond motifs is 2. The van der Waals surface area contributed by atoms with E-state index in [1.54, 1.807) is 0 Å². The van der Waals surface area contributed by atoms with Crippen LogP contribution in [0.5, 0.6) is 5.75 Å². The molecule has 0 bridgehead atoms. The molecule has 3 rings (SSSR count). The molecule has 1 aromatic carbocycles. The van der Waals surface area contributed by atoms with Crippen molar-refractivity contribution >= 4 is 5.78 Å². The molecule has 0 amide bonds. The highest BCUT2D eigenvalue weighted by Gasteiger charge is 2.53. The van der Waals surface area contributed by atoms with Gasteiger partial charge in [-0.1, -0.05) is 18.2 Å². The van der Waals surface area contributed by atoms with Crippen molar-refractivity contribution in [2.45, 2.75) is 30.8 Å². The van der Waals surface area contributed by atoms with Crippen LogP contribution in [0.15, 0.2) is 24.3 Å². The van der Waals surface area contributed by atoms with E-state index in [2.05, 4.69) is 0 Å². The molecule has 16 heavy (non-hydrogen) atoms. The minimum absolute atomic E-state index is 0.00273. The molecule has 0 aromatic heterocycles. The number of alkyl halides is 1. The number of halogens is 1. The molecule has 2 atom stereocenters. The molecule has 1 fully saturated rings. The van der Waals surface area contributed by atoms with Crippen molar-refractivity contribution in [2.75, 3.05) is 6.61 Å². The highest BCUT2D eigenvalue weighted by atomic mass is 19.1. The summed E-state index contributed by atoms with van der Waals surface area (Å²) in [5, 5.41) is 0. The van der Waals surface area contributed by atoms with Gasteiger partial charge < -0.3 is 4.74 Å². The zero-order valence-electron chi connectivity index (χ0n) is 8.91. The molecule has 1 saturated carbocycles. The Morgan fingerprint density at radius 2 is 2.19 bits per heavy atom. The summed E-state index contributed by atoms with van der Waals surface area (Å²) in [4.78, 5) is 12.0. The van der Waals surface area contributed by atoms with E-state index in [1.165, 1.54) is 0 Å². The van der Waals surface area contributed by atoms with Gasteiger partial charge in [-0.15, -0.1) is 0 Å². The molecule has 1 aromatic rings. The van der Waals surface area contributed by atoms with E-state index < -0.39 is 11.6 Å². The van der Waals surface area contributed by atoms with Crippen LogP contribution in [0.3, 0.4) is 0 Å². The number of para-hydroxylation sites is 1. The van der Waals surface area contributed by atoms with Crippen LogP contribution >= 0.6 is 0 Å². The number of ether oxygens (including phenoxy) is 1. The molecule has 0 radical (unpaired) electrons. The normalized spacial score (nSPS) is 32.6. The lowest BCUT2D eigenvalue weighted by atomic mass is 9.72. The van der Waals surface area contributed by atoms with Gasteiger partial charge in [0.25, 0.3) is 0 Å². The SMILES string of the molecule is O=C1CCC[C@@]12c1ccccc1OC[C@H]2F. The standard InChI is InChI=1S/C13H13FO2/c14-11-8-16-10-5-2-1-4-9(10)13(11)7-3-6-12(13)15/h1-2,4-5,11H,3,6-8H2/t11-,13+/m1/s1. The Bertz CT molecular complexity index is 443. The van der Waals surface area contributed by atoms with Gasteiger partial charge >= 0.3 is 0 Å². The molecule has 1 aliphatic carbocycles. The molecule has 84 valence electrons. The minimum atomic E-state index is -1.20. The first kappa shape index (κ1) is 9.82. The van der Waals surface area contributed by atoms with Gasteiger partial charge in [0, 0.05) is 12.0 Å². The topological polar surface area (TPSA) is 26.3 Å². The Morgan fingerprint density at radius 1 is 1.38 bits per heavy atom. The highest BCUT2D eigenvalue weighted by Crippen LogP contribution is 2.48. The Kier molecular flexibility index (Phi) is 2.03. The van der Waals surface area contributed by atoms with Crippen LogP contribution in [0.1, 0.15) is 24.8 Å². The van der Waals surface area contributed by atoms with Crippen molar-refractivity contribution < 1.29 is 13.9 Å². The Labute approximate surface area is 93.4 Å². The second-order valence-corrected chi connectivity index (χ2v) is 4.52. The summed E-state index contributed by atoms with van der Waals surface area (Å²) in [6.45, 7) is 0.00273. The van der Waals surface area contributed by atoms with Crippen molar-refractivity contribution in [1.82, 2.24) is 0 Å². The monoisotopic (exact) mass is 220 g/mol. The van der Waals surface area contributed by atoms with Gasteiger partial charge in [0.05, 0.1) is 5.41 Å². The smallest absolute Gasteiger partial charge is 0.151 e. The number of rotatable bonds is 0. The summed E-state index contributed by atoms with van der Waals surface area (Å²) in [6, 6.07) is 7.33. The number of carbonyl (C=O) groups excluding carboxylic acids is 1. The number of ketones is 1. The van der Waals surface area contributed by atoms with E-state index in [1.807, 2.05) is 24.3 Å². The average molecular weight is 220 g/mol. The first-order valence-corrected chi connectivity index (χ1v) is 5.65.